The van der Waals surface area contributed by atoms with Crippen molar-refractivity contribution in [1.82, 2.24) is 0 Å². The van der Waals surface area contributed by atoms with Crippen molar-refractivity contribution in [3.8, 4) is 5.75 Å². The van der Waals surface area contributed by atoms with Crippen LogP contribution in [0.25, 0.3) is 0 Å². The lowest BCUT2D eigenvalue weighted by atomic mass is 9.56. The van der Waals surface area contributed by atoms with E-state index < -0.39 is 0 Å². The van der Waals surface area contributed by atoms with E-state index in [1.807, 2.05) is 12.1 Å². The van der Waals surface area contributed by atoms with Crippen molar-refractivity contribution in [2.24, 2.45) is 23.2 Å². The van der Waals surface area contributed by atoms with Crippen molar-refractivity contribution in [3.63, 3.8) is 0 Å². The maximum absolute atomic E-state index is 11.4. The average molecular weight is 344 g/mol. The van der Waals surface area contributed by atoms with Crippen LogP contribution in [0.1, 0.15) is 39.4 Å². The first kappa shape index (κ1) is 18.0. The van der Waals surface area contributed by atoms with Gasteiger partial charge in [-0.05, 0) is 36.5 Å². The van der Waals surface area contributed by atoms with Crippen LogP contribution in [0.3, 0.4) is 0 Å². The maximum Gasteiger partial charge on any atom is 0.302 e. The number of carbonyl (C=O) groups is 1. The van der Waals surface area contributed by atoms with Crippen LogP contribution in [0.15, 0.2) is 35.9 Å². The molecular weight excluding hydrogens is 316 g/mol. The number of benzene rings is 1. The monoisotopic (exact) mass is 344 g/mol. The molecule has 4 heteroatoms. The number of allylic oxidation sites excluding steroid dienone is 1. The summed E-state index contributed by atoms with van der Waals surface area (Å²) in [4.78, 5) is 11.4. The van der Waals surface area contributed by atoms with Gasteiger partial charge in [-0.2, -0.15) is 0 Å². The van der Waals surface area contributed by atoms with Crippen molar-refractivity contribution in [2.75, 3.05) is 20.3 Å². The zero-order chi connectivity index (χ0) is 18.2. The molecule has 1 aromatic rings. The Kier molecular flexibility index (Phi) is 4.92. The van der Waals surface area contributed by atoms with E-state index in [9.17, 15) is 4.79 Å². The Morgan fingerprint density at radius 2 is 1.96 bits per heavy atom. The molecule has 0 unspecified atom stereocenters. The fourth-order valence-electron chi connectivity index (χ4n) is 4.59. The number of carbonyl (C=O) groups excluding carboxylic acids is 1. The molecule has 0 amide bonds. The van der Waals surface area contributed by atoms with Crippen LogP contribution >= 0.6 is 0 Å². The van der Waals surface area contributed by atoms with Gasteiger partial charge < -0.3 is 14.2 Å². The van der Waals surface area contributed by atoms with Crippen LogP contribution in [0.4, 0.5) is 0 Å². The van der Waals surface area contributed by atoms with Gasteiger partial charge in [0.2, 0.25) is 0 Å². The molecule has 2 bridgehead atoms. The van der Waals surface area contributed by atoms with Crippen molar-refractivity contribution >= 4 is 5.97 Å². The average Bonchev–Trinajstić information content (AvgIpc) is 2.59. The Balaban J connectivity index is 1.92. The zero-order valence-electron chi connectivity index (χ0n) is 15.7. The first-order chi connectivity index (χ1) is 11.9. The molecule has 1 aliphatic heterocycles. The fourth-order valence-corrected chi connectivity index (χ4v) is 4.59. The van der Waals surface area contributed by atoms with Gasteiger partial charge in [0, 0.05) is 18.3 Å². The number of esters is 1. The summed E-state index contributed by atoms with van der Waals surface area (Å²) in [6, 6.07) is 8.13. The van der Waals surface area contributed by atoms with Crippen molar-refractivity contribution in [1.29, 1.82) is 0 Å². The molecule has 5 atom stereocenters. The molecule has 1 aromatic carbocycles. The third-order valence-electron chi connectivity index (χ3n) is 6.24. The Morgan fingerprint density at radius 1 is 1.28 bits per heavy atom. The highest BCUT2D eigenvalue weighted by Crippen LogP contribution is 2.56. The fraction of sp³-hybridized carbons (Fsp3) is 0.571. The molecule has 1 fully saturated rings. The molecule has 0 radical (unpaired) electrons. The molecule has 25 heavy (non-hydrogen) atoms. The second kappa shape index (κ2) is 6.83. The molecule has 1 heterocycles. The first-order valence-electron chi connectivity index (χ1n) is 8.96. The maximum atomic E-state index is 11.4. The van der Waals surface area contributed by atoms with Crippen LogP contribution < -0.4 is 4.74 Å². The van der Waals surface area contributed by atoms with Crippen LogP contribution in [0, 0.1) is 23.2 Å². The van der Waals surface area contributed by atoms with E-state index in [4.69, 9.17) is 14.2 Å². The van der Waals surface area contributed by atoms with Crippen LogP contribution in [-0.2, 0) is 14.3 Å². The van der Waals surface area contributed by atoms with E-state index in [2.05, 4.69) is 39.0 Å². The molecule has 0 saturated carbocycles. The Morgan fingerprint density at radius 3 is 2.56 bits per heavy atom. The third kappa shape index (κ3) is 3.08. The van der Waals surface area contributed by atoms with Gasteiger partial charge in [0.05, 0.1) is 26.4 Å². The normalized spacial score (nSPS) is 34.2. The van der Waals surface area contributed by atoms with Gasteiger partial charge in [0.1, 0.15) is 5.75 Å². The largest absolute Gasteiger partial charge is 0.497 e. The van der Waals surface area contributed by atoms with E-state index in [0.29, 0.717) is 25.0 Å². The van der Waals surface area contributed by atoms with Crippen LogP contribution in [0.2, 0.25) is 0 Å². The molecule has 0 spiro atoms. The number of hydrogen-bond donors (Lipinski definition) is 0. The lowest BCUT2D eigenvalue weighted by Crippen LogP contribution is -2.54. The van der Waals surface area contributed by atoms with Gasteiger partial charge >= 0.3 is 5.97 Å². The number of fused-ring (bicyclic) bond motifs is 2. The number of methoxy groups -OCH3 is 1. The molecule has 1 aliphatic carbocycles. The number of rotatable bonds is 4. The minimum absolute atomic E-state index is 0.0232. The predicted molar refractivity (Wildman–Crippen MR) is 96.3 cm³/mol. The van der Waals surface area contributed by atoms with Crippen LogP contribution in [-0.4, -0.2) is 26.3 Å². The zero-order valence-corrected chi connectivity index (χ0v) is 15.7. The van der Waals surface area contributed by atoms with Crippen LogP contribution in [0.5, 0.6) is 5.75 Å². The van der Waals surface area contributed by atoms with E-state index in [0.717, 1.165) is 5.75 Å². The highest BCUT2D eigenvalue weighted by molar-refractivity contribution is 5.66. The van der Waals surface area contributed by atoms with Gasteiger partial charge in [0.25, 0.3) is 0 Å². The van der Waals surface area contributed by atoms with Gasteiger partial charge in [-0.15, -0.1) is 0 Å². The summed E-state index contributed by atoms with van der Waals surface area (Å²) < 4.78 is 17.1. The molecule has 0 aromatic heterocycles. The summed E-state index contributed by atoms with van der Waals surface area (Å²) in [6.07, 6.45) is 2.36. The quantitative estimate of drug-likeness (QED) is 0.607. The van der Waals surface area contributed by atoms with E-state index in [1.54, 1.807) is 7.11 Å². The molecule has 0 N–H and O–H groups in total. The SMILES string of the molecule is COc1ccc([C@H]2OC[C@]3(COC(C)=O)[C@@H](C)C=C(C)[C@H]2[C@@H]3C)cc1. The first-order valence-corrected chi connectivity index (χ1v) is 8.96. The minimum atomic E-state index is -0.228. The van der Waals surface area contributed by atoms with Gasteiger partial charge in [-0.25, -0.2) is 0 Å². The summed E-state index contributed by atoms with van der Waals surface area (Å²) in [6.45, 7) is 9.16. The summed E-state index contributed by atoms with van der Waals surface area (Å²) in [5.74, 6) is 1.59. The molecule has 3 rings (SSSR count). The molecule has 4 nitrogen and oxygen atoms in total. The van der Waals surface area contributed by atoms with Gasteiger partial charge in [0.15, 0.2) is 0 Å². The summed E-state index contributed by atoms with van der Waals surface area (Å²) in [5.41, 5.74) is 2.37. The number of ether oxygens (including phenoxy) is 3. The molecular formula is C21H28O4. The Hall–Kier alpha value is -1.81. The lowest BCUT2D eigenvalue weighted by Gasteiger charge is -2.55. The summed E-state index contributed by atoms with van der Waals surface area (Å²) in [7, 11) is 1.67. The highest BCUT2D eigenvalue weighted by atomic mass is 16.5. The highest BCUT2D eigenvalue weighted by Gasteiger charge is 2.54. The number of hydrogen-bond acceptors (Lipinski definition) is 4. The standard InChI is InChI=1S/C21H28O4/c1-13-10-14(2)21(11-24-16(4)22)12-25-20(19(13)15(21)3)17-6-8-18(23-5)9-7-17/h6-10,14-15,19-20H,11-12H2,1-5H3/t14-,15-,19-,20+,21+/m0/s1. The third-order valence-corrected chi connectivity index (χ3v) is 6.24. The van der Waals surface area contributed by atoms with Gasteiger partial charge in [-0.1, -0.05) is 37.6 Å². The minimum Gasteiger partial charge on any atom is -0.497 e. The molecule has 2 aliphatic rings. The Bertz CT molecular complexity index is 663. The van der Waals surface area contributed by atoms with Crippen molar-refractivity contribution in [3.05, 3.63) is 41.5 Å². The van der Waals surface area contributed by atoms with E-state index in [-0.39, 0.29) is 23.4 Å². The van der Waals surface area contributed by atoms with E-state index >= 15 is 0 Å². The van der Waals surface area contributed by atoms with E-state index in [1.165, 1.54) is 18.1 Å². The predicted octanol–water partition coefficient (Wildman–Crippen LogP) is 4.16. The molecule has 136 valence electrons. The molecule has 1 saturated heterocycles. The summed E-state index contributed by atoms with van der Waals surface area (Å²) >= 11 is 0. The lowest BCUT2D eigenvalue weighted by molar-refractivity contribution is -0.180. The van der Waals surface area contributed by atoms with Gasteiger partial charge in [-0.3, -0.25) is 4.79 Å². The smallest absolute Gasteiger partial charge is 0.302 e. The Labute approximate surface area is 150 Å². The topological polar surface area (TPSA) is 44.8 Å². The second-order valence-electron chi connectivity index (χ2n) is 7.53. The summed E-state index contributed by atoms with van der Waals surface area (Å²) in [5, 5.41) is 0. The second-order valence-corrected chi connectivity index (χ2v) is 7.53. The van der Waals surface area contributed by atoms with Crippen molar-refractivity contribution < 1.29 is 19.0 Å². The van der Waals surface area contributed by atoms with Crippen molar-refractivity contribution in [2.45, 2.75) is 33.8 Å².